The molecule has 1 aromatic carbocycles. The first kappa shape index (κ1) is 26.2. The minimum atomic E-state index is -4.45. The average molecular weight is 563 g/mol. The molecule has 10 heteroatoms. The predicted molar refractivity (Wildman–Crippen MR) is 131 cm³/mol. The van der Waals surface area contributed by atoms with Gasteiger partial charge in [-0.2, -0.15) is 13.2 Å². The van der Waals surface area contributed by atoms with E-state index in [9.17, 15) is 13.2 Å². The number of aliphatic imine (C=N–C) groups is 1. The lowest BCUT2D eigenvalue weighted by Crippen LogP contribution is -2.38. The predicted octanol–water partition coefficient (Wildman–Crippen LogP) is 3.85. The fourth-order valence-electron chi connectivity index (χ4n) is 3.35. The zero-order chi connectivity index (χ0) is 22.1. The number of anilines is 1. The molecular weight excluding hydrogens is 534 g/mol. The Kier molecular flexibility index (Phi) is 10.5. The summed E-state index contributed by atoms with van der Waals surface area (Å²) in [5, 5.41) is 6.23. The van der Waals surface area contributed by atoms with Crippen LogP contribution in [0.4, 0.5) is 18.9 Å². The number of morpholine rings is 1. The number of nitrogens with one attached hydrogen (secondary N) is 2. The molecule has 0 unspecified atom stereocenters. The van der Waals surface area contributed by atoms with Gasteiger partial charge in [0.1, 0.15) is 0 Å². The number of pyridine rings is 1. The van der Waals surface area contributed by atoms with Gasteiger partial charge in [-0.3, -0.25) is 4.98 Å². The van der Waals surface area contributed by atoms with E-state index in [0.717, 1.165) is 5.69 Å². The van der Waals surface area contributed by atoms with Crippen molar-refractivity contribution >= 4 is 35.6 Å². The molecule has 1 fully saturated rings. The first-order valence-electron chi connectivity index (χ1n) is 10.4. The van der Waals surface area contributed by atoms with E-state index in [4.69, 9.17) is 4.74 Å². The summed E-state index contributed by atoms with van der Waals surface area (Å²) in [6, 6.07) is 10.2. The van der Waals surface area contributed by atoms with Gasteiger partial charge in [0.05, 0.1) is 25.3 Å². The van der Waals surface area contributed by atoms with Gasteiger partial charge < -0.3 is 20.3 Å². The summed E-state index contributed by atoms with van der Waals surface area (Å²) in [7, 11) is 0. The molecule has 2 N–H and O–H groups in total. The summed E-state index contributed by atoms with van der Waals surface area (Å²) in [6.45, 7) is 5.22. The molecule has 3 rings (SSSR count). The van der Waals surface area contributed by atoms with Crippen molar-refractivity contribution in [1.29, 1.82) is 0 Å². The Balaban J connectivity index is 0.00000363. The van der Waals surface area contributed by atoms with Crippen LogP contribution in [0.3, 0.4) is 0 Å². The van der Waals surface area contributed by atoms with Crippen molar-refractivity contribution in [3.8, 4) is 0 Å². The van der Waals surface area contributed by atoms with Gasteiger partial charge in [-0.05, 0) is 36.8 Å². The molecule has 2 heterocycles. The highest BCUT2D eigenvalue weighted by Crippen LogP contribution is 2.35. The molecule has 0 bridgehead atoms. The third kappa shape index (κ3) is 7.80. The SMILES string of the molecule is CCNC(=NCc1ccc(N2CCOCC2)cc1C(F)(F)F)NCCc1ccccn1.I. The molecule has 0 atom stereocenters. The Bertz CT molecular complexity index is 858. The zero-order valence-electron chi connectivity index (χ0n) is 18.0. The van der Waals surface area contributed by atoms with E-state index in [1.165, 1.54) is 12.1 Å². The Morgan fingerprint density at radius 2 is 1.94 bits per heavy atom. The second-order valence-electron chi connectivity index (χ2n) is 7.13. The molecule has 0 amide bonds. The minimum Gasteiger partial charge on any atom is -0.378 e. The van der Waals surface area contributed by atoms with Crippen LogP contribution in [-0.4, -0.2) is 50.3 Å². The van der Waals surface area contributed by atoms with Crippen molar-refractivity contribution in [2.24, 2.45) is 4.99 Å². The summed E-state index contributed by atoms with van der Waals surface area (Å²) in [5.74, 6) is 0.476. The molecule has 1 aliphatic heterocycles. The number of hydrogen-bond donors (Lipinski definition) is 2. The highest BCUT2D eigenvalue weighted by molar-refractivity contribution is 14.0. The van der Waals surface area contributed by atoms with Gasteiger partial charge in [0.15, 0.2) is 5.96 Å². The van der Waals surface area contributed by atoms with Crippen molar-refractivity contribution in [3.05, 3.63) is 59.4 Å². The average Bonchev–Trinajstić information content (AvgIpc) is 2.78. The van der Waals surface area contributed by atoms with Gasteiger partial charge in [0.2, 0.25) is 0 Å². The topological polar surface area (TPSA) is 61.8 Å². The second kappa shape index (κ2) is 12.8. The maximum absolute atomic E-state index is 13.7. The van der Waals surface area contributed by atoms with Crippen molar-refractivity contribution in [3.63, 3.8) is 0 Å². The molecule has 0 aliphatic carbocycles. The Morgan fingerprint density at radius 1 is 1.16 bits per heavy atom. The van der Waals surface area contributed by atoms with E-state index in [1.807, 2.05) is 30.0 Å². The Hall–Kier alpha value is -2.08. The van der Waals surface area contributed by atoms with E-state index >= 15 is 0 Å². The summed E-state index contributed by atoms with van der Waals surface area (Å²) < 4.78 is 46.5. The fraction of sp³-hybridized carbons (Fsp3) is 0.455. The van der Waals surface area contributed by atoms with E-state index in [-0.39, 0.29) is 36.1 Å². The number of benzene rings is 1. The maximum atomic E-state index is 13.7. The number of alkyl halides is 3. The van der Waals surface area contributed by atoms with Crippen molar-refractivity contribution in [1.82, 2.24) is 15.6 Å². The number of ether oxygens (including phenoxy) is 1. The van der Waals surface area contributed by atoms with Gasteiger partial charge in [0.25, 0.3) is 0 Å². The highest BCUT2D eigenvalue weighted by Gasteiger charge is 2.34. The first-order valence-corrected chi connectivity index (χ1v) is 10.4. The lowest BCUT2D eigenvalue weighted by atomic mass is 10.1. The maximum Gasteiger partial charge on any atom is 0.416 e. The van der Waals surface area contributed by atoms with Crippen LogP contribution in [0.1, 0.15) is 23.7 Å². The number of guanidine groups is 1. The monoisotopic (exact) mass is 563 g/mol. The first-order chi connectivity index (χ1) is 15.0. The smallest absolute Gasteiger partial charge is 0.378 e. The zero-order valence-corrected chi connectivity index (χ0v) is 20.3. The molecule has 0 spiro atoms. The van der Waals surface area contributed by atoms with Crippen LogP contribution < -0.4 is 15.5 Å². The van der Waals surface area contributed by atoms with Gasteiger partial charge >= 0.3 is 6.18 Å². The number of nitrogens with zero attached hydrogens (tertiary/aromatic N) is 3. The summed E-state index contributed by atoms with van der Waals surface area (Å²) in [5.41, 5.74) is 0.990. The molecular formula is C22H29F3IN5O. The molecule has 1 saturated heterocycles. The molecule has 32 heavy (non-hydrogen) atoms. The van der Waals surface area contributed by atoms with Gasteiger partial charge in [-0.25, -0.2) is 4.99 Å². The van der Waals surface area contributed by atoms with Crippen LogP contribution in [-0.2, 0) is 23.9 Å². The number of rotatable bonds is 7. The largest absolute Gasteiger partial charge is 0.416 e. The van der Waals surface area contributed by atoms with E-state index < -0.39 is 11.7 Å². The summed E-state index contributed by atoms with van der Waals surface area (Å²) in [6.07, 6.45) is -2.03. The molecule has 0 saturated carbocycles. The normalized spacial score (nSPS) is 14.6. The minimum absolute atomic E-state index is 0. The lowest BCUT2D eigenvalue weighted by Gasteiger charge is -2.29. The van der Waals surface area contributed by atoms with Crippen LogP contribution in [0.5, 0.6) is 0 Å². The van der Waals surface area contributed by atoms with Crippen LogP contribution >= 0.6 is 24.0 Å². The van der Waals surface area contributed by atoms with Crippen molar-refractivity contribution in [2.45, 2.75) is 26.1 Å². The Morgan fingerprint density at radius 3 is 2.59 bits per heavy atom. The summed E-state index contributed by atoms with van der Waals surface area (Å²) in [4.78, 5) is 10.5. The van der Waals surface area contributed by atoms with Crippen molar-refractivity contribution in [2.75, 3.05) is 44.3 Å². The van der Waals surface area contributed by atoms with Crippen LogP contribution in [0, 0.1) is 0 Å². The number of aromatic nitrogens is 1. The van der Waals surface area contributed by atoms with E-state index in [2.05, 4.69) is 20.6 Å². The van der Waals surface area contributed by atoms with E-state index in [0.29, 0.717) is 57.5 Å². The highest BCUT2D eigenvalue weighted by atomic mass is 127. The number of hydrogen-bond acceptors (Lipinski definition) is 4. The molecule has 6 nitrogen and oxygen atoms in total. The molecule has 1 aromatic heterocycles. The molecule has 0 radical (unpaired) electrons. The van der Waals surface area contributed by atoms with Crippen molar-refractivity contribution < 1.29 is 17.9 Å². The van der Waals surface area contributed by atoms with Crippen LogP contribution in [0.25, 0.3) is 0 Å². The van der Waals surface area contributed by atoms with Crippen LogP contribution in [0.15, 0.2) is 47.6 Å². The lowest BCUT2D eigenvalue weighted by molar-refractivity contribution is -0.138. The van der Waals surface area contributed by atoms with Gasteiger partial charge in [0, 0.05) is 50.2 Å². The third-order valence-corrected chi connectivity index (χ3v) is 4.93. The second-order valence-corrected chi connectivity index (χ2v) is 7.13. The number of halogens is 4. The molecule has 1 aliphatic rings. The van der Waals surface area contributed by atoms with E-state index in [1.54, 1.807) is 12.3 Å². The van der Waals surface area contributed by atoms with Gasteiger partial charge in [-0.15, -0.1) is 24.0 Å². The summed E-state index contributed by atoms with van der Waals surface area (Å²) >= 11 is 0. The molecule has 176 valence electrons. The quantitative estimate of drug-likeness (QED) is 0.305. The molecule has 2 aromatic rings. The van der Waals surface area contributed by atoms with Crippen LogP contribution in [0.2, 0.25) is 0 Å². The Labute approximate surface area is 203 Å². The van der Waals surface area contributed by atoms with Gasteiger partial charge in [-0.1, -0.05) is 12.1 Å². The fourth-order valence-corrected chi connectivity index (χ4v) is 3.35. The third-order valence-electron chi connectivity index (χ3n) is 4.93. The standard InChI is InChI=1S/C22H28F3N5O.HI/c1-2-26-21(28-10-8-18-5-3-4-9-27-18)29-16-17-6-7-19(15-20(17)22(23,24)25)30-11-13-31-14-12-30;/h3-7,9,15H,2,8,10-14,16H2,1H3,(H2,26,28,29);1H.